The van der Waals surface area contributed by atoms with E-state index in [9.17, 15) is 22.8 Å². The molecule has 1 aliphatic rings. The van der Waals surface area contributed by atoms with Crippen molar-refractivity contribution in [3.63, 3.8) is 0 Å². The Morgan fingerprint density at radius 3 is 2.71 bits per heavy atom. The van der Waals surface area contributed by atoms with Gasteiger partial charge in [-0.05, 0) is 49.8 Å². The zero-order valence-corrected chi connectivity index (χ0v) is 21.0. The zero-order chi connectivity index (χ0) is 27.4. The van der Waals surface area contributed by atoms with Crippen molar-refractivity contribution in [1.29, 1.82) is 0 Å². The van der Waals surface area contributed by atoms with Gasteiger partial charge in [-0.2, -0.15) is 23.4 Å². The predicted molar refractivity (Wildman–Crippen MR) is 135 cm³/mol. The summed E-state index contributed by atoms with van der Waals surface area (Å²) in [5.74, 6) is 4.78. The van der Waals surface area contributed by atoms with Crippen LogP contribution in [0.5, 0.6) is 0 Å². The first-order chi connectivity index (χ1) is 18.1. The van der Waals surface area contributed by atoms with Crippen molar-refractivity contribution < 1.29 is 22.8 Å². The van der Waals surface area contributed by atoms with Gasteiger partial charge < -0.3 is 16.0 Å². The molecule has 1 fully saturated rings. The van der Waals surface area contributed by atoms with Crippen LogP contribution in [0.15, 0.2) is 36.7 Å². The second-order valence-corrected chi connectivity index (χ2v) is 9.01. The number of nitrogens with one attached hydrogen (secondary N) is 1. The molecule has 0 radical (unpaired) electrons. The Morgan fingerprint density at radius 1 is 1.24 bits per heavy atom. The van der Waals surface area contributed by atoms with Gasteiger partial charge >= 0.3 is 6.18 Å². The molecule has 1 aromatic carbocycles. The molecule has 9 nitrogen and oxygen atoms in total. The van der Waals surface area contributed by atoms with E-state index in [1.807, 2.05) is 0 Å². The summed E-state index contributed by atoms with van der Waals surface area (Å²) in [7, 11) is 1.67. The number of halogens is 3. The Kier molecular flexibility index (Phi) is 7.75. The number of hydrogen-bond donors (Lipinski definition) is 2. The maximum Gasteiger partial charge on any atom is 0.416 e. The first kappa shape index (κ1) is 26.8. The normalized spacial score (nSPS) is 15.9. The molecule has 38 heavy (non-hydrogen) atoms. The molecule has 0 bridgehead atoms. The molecule has 0 aliphatic carbocycles. The number of nitrogens with zero attached hydrogens (tertiary/aromatic N) is 5. The number of carbonyl (C=O) groups excluding carboxylic acids is 2. The second-order valence-electron chi connectivity index (χ2n) is 9.01. The van der Waals surface area contributed by atoms with E-state index < -0.39 is 17.6 Å². The molecule has 0 saturated carbocycles. The van der Waals surface area contributed by atoms with E-state index in [-0.39, 0.29) is 24.1 Å². The minimum atomic E-state index is -4.44. The summed E-state index contributed by atoms with van der Waals surface area (Å²) in [6, 6.07) is 4.94. The number of benzene rings is 1. The number of aromatic nitrogens is 4. The molecule has 1 atom stereocenters. The predicted octanol–water partition coefficient (Wildman–Crippen LogP) is 3.53. The molecule has 4 rings (SSSR count). The minimum Gasteiger partial charge on any atom is -0.373 e. The Labute approximate surface area is 217 Å². The third-order valence-corrected chi connectivity index (χ3v) is 6.46. The molecule has 0 spiro atoms. The van der Waals surface area contributed by atoms with Gasteiger partial charge in [0.1, 0.15) is 17.1 Å². The summed E-state index contributed by atoms with van der Waals surface area (Å²) in [5.41, 5.74) is 6.47. The maximum atomic E-state index is 13.1. The van der Waals surface area contributed by atoms with Crippen LogP contribution in [0.2, 0.25) is 0 Å². The summed E-state index contributed by atoms with van der Waals surface area (Å²) < 4.78 is 42.5. The molecule has 2 amide bonds. The summed E-state index contributed by atoms with van der Waals surface area (Å²) in [5, 5.41) is 12.0. The number of anilines is 1. The van der Waals surface area contributed by atoms with Gasteiger partial charge in [-0.25, -0.2) is 4.68 Å². The van der Waals surface area contributed by atoms with Crippen molar-refractivity contribution >= 4 is 17.6 Å². The number of primary amides is 1. The lowest BCUT2D eigenvalue weighted by Crippen LogP contribution is -2.31. The Balaban J connectivity index is 1.63. The van der Waals surface area contributed by atoms with E-state index >= 15 is 0 Å². The number of rotatable bonds is 6. The van der Waals surface area contributed by atoms with Crippen LogP contribution in [-0.2, 0) is 17.5 Å². The number of carbonyl (C=O) groups is 2. The Bertz CT molecular complexity index is 1400. The van der Waals surface area contributed by atoms with Gasteiger partial charge in [0.05, 0.1) is 24.3 Å². The quantitative estimate of drug-likeness (QED) is 0.477. The highest BCUT2D eigenvalue weighted by atomic mass is 19.4. The number of amides is 2. The largest absolute Gasteiger partial charge is 0.416 e. The van der Waals surface area contributed by atoms with Crippen LogP contribution >= 0.6 is 0 Å². The number of likely N-dealkylation sites (tertiary alicyclic amines) is 1. The summed E-state index contributed by atoms with van der Waals surface area (Å²) in [6.07, 6.45) is 0.760. The molecule has 2 aromatic heterocycles. The molecular formula is C26H28F3N7O2. The van der Waals surface area contributed by atoms with Crippen LogP contribution in [0.25, 0.3) is 11.3 Å². The van der Waals surface area contributed by atoms with Gasteiger partial charge in [0.25, 0.3) is 11.8 Å². The molecular weight excluding hydrogens is 499 g/mol. The Hall–Kier alpha value is -4.27. The van der Waals surface area contributed by atoms with E-state index in [1.165, 1.54) is 16.9 Å². The lowest BCUT2D eigenvalue weighted by molar-refractivity contribution is -0.137. The van der Waals surface area contributed by atoms with E-state index in [1.54, 1.807) is 35.8 Å². The van der Waals surface area contributed by atoms with Crippen molar-refractivity contribution in [3.8, 4) is 23.1 Å². The molecule has 1 saturated heterocycles. The molecule has 200 valence electrons. The van der Waals surface area contributed by atoms with E-state index in [4.69, 9.17) is 10.8 Å². The standard InChI is InChI=1S/C26H28F3N7O2/c1-3-6-21(37)34-11-5-9-20(10-12-34)36-25(31-2)22(24(30)38)23(33-36)18-14-32-35(16-18)15-17-7-4-8-19(13-17)26(27,28)29/h4,7-8,13-14,16,20,31H,5,9-12,15H2,1-2H3,(H2,30,38)/t20-/m0/s1. The zero-order valence-electron chi connectivity index (χ0n) is 21.0. The van der Waals surface area contributed by atoms with E-state index in [0.29, 0.717) is 42.1 Å². The summed E-state index contributed by atoms with van der Waals surface area (Å²) in [4.78, 5) is 26.5. The summed E-state index contributed by atoms with van der Waals surface area (Å²) in [6.45, 7) is 2.80. The molecule has 1 aliphatic heterocycles. The SMILES string of the molecule is CC#CC(=O)N1CCC[C@H](n2nc(-c3cnn(Cc4cccc(C(F)(F)F)c4)c3)c(C(N)=O)c2NC)CC1. The van der Waals surface area contributed by atoms with E-state index in [0.717, 1.165) is 25.0 Å². The maximum absolute atomic E-state index is 13.1. The molecule has 12 heteroatoms. The average Bonchev–Trinajstić information content (AvgIpc) is 3.40. The van der Waals surface area contributed by atoms with Crippen LogP contribution in [-0.4, -0.2) is 56.4 Å². The van der Waals surface area contributed by atoms with E-state index in [2.05, 4.69) is 22.3 Å². The monoisotopic (exact) mass is 527 g/mol. The molecule has 3 aromatic rings. The fraction of sp³-hybridized carbons (Fsp3) is 0.385. The van der Waals surface area contributed by atoms with Gasteiger partial charge in [-0.1, -0.05) is 18.1 Å². The Morgan fingerprint density at radius 2 is 2.03 bits per heavy atom. The smallest absolute Gasteiger partial charge is 0.373 e. The van der Waals surface area contributed by atoms with Crippen LogP contribution < -0.4 is 11.1 Å². The van der Waals surface area contributed by atoms with Crippen molar-refractivity contribution in [2.24, 2.45) is 5.73 Å². The van der Waals surface area contributed by atoms with Crippen LogP contribution in [0.1, 0.15) is 53.7 Å². The first-order valence-corrected chi connectivity index (χ1v) is 12.1. The van der Waals surface area contributed by atoms with Crippen molar-refractivity contribution in [2.75, 3.05) is 25.5 Å². The first-order valence-electron chi connectivity index (χ1n) is 12.1. The van der Waals surface area contributed by atoms with Crippen molar-refractivity contribution in [1.82, 2.24) is 24.5 Å². The fourth-order valence-corrected chi connectivity index (χ4v) is 4.69. The number of nitrogens with two attached hydrogens (primary N) is 1. The van der Waals surface area contributed by atoms with Crippen LogP contribution in [0, 0.1) is 11.8 Å². The highest BCUT2D eigenvalue weighted by molar-refractivity contribution is 6.03. The lowest BCUT2D eigenvalue weighted by Gasteiger charge is -2.19. The van der Waals surface area contributed by atoms with Gasteiger partial charge in [0.2, 0.25) is 0 Å². The molecule has 3 heterocycles. The lowest BCUT2D eigenvalue weighted by atomic mass is 10.1. The van der Waals surface area contributed by atoms with Crippen molar-refractivity contribution in [3.05, 3.63) is 53.3 Å². The number of alkyl halides is 3. The third-order valence-electron chi connectivity index (χ3n) is 6.46. The number of hydrogen-bond acceptors (Lipinski definition) is 5. The topological polar surface area (TPSA) is 111 Å². The van der Waals surface area contributed by atoms with Crippen molar-refractivity contribution in [2.45, 2.75) is 44.9 Å². The van der Waals surface area contributed by atoms with Crippen LogP contribution in [0.4, 0.5) is 19.0 Å². The van der Waals surface area contributed by atoms with Gasteiger partial charge in [-0.15, -0.1) is 0 Å². The average molecular weight is 528 g/mol. The fourth-order valence-electron chi connectivity index (χ4n) is 4.69. The highest BCUT2D eigenvalue weighted by Gasteiger charge is 2.31. The van der Waals surface area contributed by atoms with Gasteiger partial charge in [0.15, 0.2) is 0 Å². The van der Waals surface area contributed by atoms with Crippen LogP contribution in [0.3, 0.4) is 0 Å². The van der Waals surface area contributed by atoms with Gasteiger partial charge in [-0.3, -0.25) is 14.3 Å². The summed E-state index contributed by atoms with van der Waals surface area (Å²) >= 11 is 0. The minimum absolute atomic E-state index is 0.0998. The molecule has 3 N–H and O–H groups in total. The highest BCUT2D eigenvalue weighted by Crippen LogP contribution is 2.34. The second kappa shape index (κ2) is 11.0. The van der Waals surface area contributed by atoms with Gasteiger partial charge in [0, 0.05) is 31.9 Å². The molecule has 0 unspecified atom stereocenters. The third kappa shape index (κ3) is 5.66.